The van der Waals surface area contributed by atoms with Crippen LogP contribution in [0.3, 0.4) is 0 Å². The first-order valence-electron chi connectivity index (χ1n) is 11.0. The minimum absolute atomic E-state index is 0.338. The second-order valence-electron chi connectivity index (χ2n) is 7.92. The molecule has 1 fully saturated rings. The Morgan fingerprint density at radius 3 is 1.13 bits per heavy atom. The Balaban J connectivity index is 1.83. The molecule has 1 heteroatoms. The van der Waals surface area contributed by atoms with Crippen LogP contribution in [-0.4, -0.2) is 12.2 Å². The third kappa shape index (κ3) is 12.0. The normalized spacial score (nSPS) is 20.1. The van der Waals surface area contributed by atoms with E-state index in [2.05, 4.69) is 13.8 Å². The van der Waals surface area contributed by atoms with E-state index in [-0.39, 0.29) is 0 Å². The second-order valence-corrected chi connectivity index (χ2v) is 7.92. The summed E-state index contributed by atoms with van der Waals surface area (Å²) in [7, 11) is 0. The van der Waals surface area contributed by atoms with Gasteiger partial charge in [-0.3, -0.25) is 0 Å². The summed E-state index contributed by atoms with van der Waals surface area (Å²) in [6.45, 7) is 5.64. The molecule has 0 amide bonds. The van der Waals surface area contributed by atoms with Gasteiger partial charge >= 0.3 is 0 Å². The van der Waals surface area contributed by atoms with Gasteiger partial charge in [-0.05, 0) is 12.8 Å². The lowest BCUT2D eigenvalue weighted by molar-refractivity contribution is 0.260. The lowest BCUT2D eigenvalue weighted by Crippen LogP contribution is -2.10. The van der Waals surface area contributed by atoms with Gasteiger partial charge in [0.15, 0.2) is 0 Å². The van der Waals surface area contributed by atoms with Gasteiger partial charge in [0.05, 0.1) is 12.2 Å². The van der Waals surface area contributed by atoms with Crippen molar-refractivity contribution in [2.75, 3.05) is 6.61 Å². The summed E-state index contributed by atoms with van der Waals surface area (Å²) in [5.74, 6) is 0. The molecule has 0 aliphatic carbocycles. The van der Waals surface area contributed by atoms with Crippen LogP contribution in [0.1, 0.15) is 129 Å². The van der Waals surface area contributed by atoms with Crippen molar-refractivity contribution in [3.05, 3.63) is 0 Å². The summed E-state index contributed by atoms with van der Waals surface area (Å²) < 4.78 is 5.81. The van der Waals surface area contributed by atoms with E-state index in [4.69, 9.17) is 4.74 Å². The highest BCUT2D eigenvalue weighted by Gasteiger charge is 2.42. The first-order chi connectivity index (χ1) is 11.3. The zero-order chi connectivity index (χ0) is 16.6. The van der Waals surface area contributed by atoms with E-state index in [0.29, 0.717) is 5.60 Å². The topological polar surface area (TPSA) is 12.5 Å². The Labute approximate surface area is 147 Å². The molecule has 1 heterocycles. The van der Waals surface area contributed by atoms with Crippen molar-refractivity contribution in [3.8, 4) is 0 Å². The molecular weight excluding hydrogens is 280 g/mol. The number of ether oxygens (including phenoxy) is 1. The Kier molecular flexibility index (Phi) is 13.1. The highest BCUT2D eigenvalue weighted by Crippen LogP contribution is 2.38. The first kappa shape index (κ1) is 21.0. The molecule has 0 aromatic heterocycles. The molecule has 0 bridgehead atoms. The molecule has 1 atom stereocenters. The fraction of sp³-hybridized carbons (Fsp3) is 1.00. The Morgan fingerprint density at radius 1 is 0.522 bits per heavy atom. The van der Waals surface area contributed by atoms with Crippen molar-refractivity contribution in [2.45, 2.75) is 135 Å². The first-order valence-corrected chi connectivity index (χ1v) is 11.0. The molecule has 0 spiro atoms. The predicted octanol–water partition coefficient (Wildman–Crippen LogP) is 7.82. The Bertz CT molecular complexity index is 244. The number of epoxide rings is 1. The summed E-state index contributed by atoms with van der Waals surface area (Å²) in [4.78, 5) is 0. The van der Waals surface area contributed by atoms with Gasteiger partial charge in [-0.25, -0.2) is 0 Å². The largest absolute Gasteiger partial charge is 0.370 e. The molecule has 1 aliphatic rings. The van der Waals surface area contributed by atoms with Crippen molar-refractivity contribution in [1.29, 1.82) is 0 Å². The van der Waals surface area contributed by atoms with E-state index in [1.807, 2.05) is 0 Å². The Morgan fingerprint density at radius 2 is 0.826 bits per heavy atom. The molecule has 0 aromatic rings. The van der Waals surface area contributed by atoms with Crippen LogP contribution in [-0.2, 0) is 4.74 Å². The van der Waals surface area contributed by atoms with Crippen LogP contribution in [0.4, 0.5) is 0 Å². The van der Waals surface area contributed by atoms with Crippen LogP contribution in [0.2, 0.25) is 0 Å². The summed E-state index contributed by atoms with van der Waals surface area (Å²) in [5, 5.41) is 0. The highest BCUT2D eigenvalue weighted by molar-refractivity contribution is 4.91. The predicted molar refractivity (Wildman–Crippen MR) is 103 cm³/mol. The van der Waals surface area contributed by atoms with E-state index in [1.165, 1.54) is 116 Å². The van der Waals surface area contributed by atoms with Crippen LogP contribution in [0.15, 0.2) is 0 Å². The SMILES string of the molecule is CCCCCCCCCCCC1(CCCCCCCCC)CO1. The number of hydrogen-bond acceptors (Lipinski definition) is 1. The van der Waals surface area contributed by atoms with Crippen LogP contribution in [0.5, 0.6) is 0 Å². The standard InChI is InChI=1S/C22H44O/c1-3-5-7-9-11-12-14-16-18-20-22(21-23-22)19-17-15-13-10-8-6-4-2/h3-21H2,1-2H3. The van der Waals surface area contributed by atoms with Gasteiger partial charge in [-0.1, -0.05) is 117 Å². The molecule has 0 aromatic carbocycles. The number of rotatable bonds is 18. The molecule has 23 heavy (non-hydrogen) atoms. The van der Waals surface area contributed by atoms with Crippen LogP contribution in [0, 0.1) is 0 Å². The monoisotopic (exact) mass is 324 g/mol. The van der Waals surface area contributed by atoms with E-state index >= 15 is 0 Å². The van der Waals surface area contributed by atoms with Gasteiger partial charge < -0.3 is 4.74 Å². The fourth-order valence-corrected chi connectivity index (χ4v) is 3.68. The van der Waals surface area contributed by atoms with Gasteiger partial charge in [-0.2, -0.15) is 0 Å². The van der Waals surface area contributed by atoms with Gasteiger partial charge in [0.25, 0.3) is 0 Å². The van der Waals surface area contributed by atoms with Crippen molar-refractivity contribution in [3.63, 3.8) is 0 Å². The lowest BCUT2D eigenvalue weighted by atomic mass is 9.94. The molecular formula is C22H44O. The Hall–Kier alpha value is -0.0400. The fourth-order valence-electron chi connectivity index (χ4n) is 3.68. The summed E-state index contributed by atoms with van der Waals surface area (Å²) >= 11 is 0. The minimum Gasteiger partial charge on any atom is -0.370 e. The number of hydrogen-bond donors (Lipinski definition) is 0. The summed E-state index contributed by atoms with van der Waals surface area (Å²) in [5.41, 5.74) is 0.338. The van der Waals surface area contributed by atoms with Gasteiger partial charge in [-0.15, -0.1) is 0 Å². The van der Waals surface area contributed by atoms with Crippen molar-refractivity contribution < 1.29 is 4.74 Å². The molecule has 0 N–H and O–H groups in total. The second kappa shape index (κ2) is 14.3. The van der Waals surface area contributed by atoms with Crippen LogP contribution in [0.25, 0.3) is 0 Å². The smallest absolute Gasteiger partial charge is 0.0916 e. The summed E-state index contributed by atoms with van der Waals surface area (Å²) in [6.07, 6.45) is 25.5. The molecule has 1 unspecified atom stereocenters. The van der Waals surface area contributed by atoms with Crippen molar-refractivity contribution in [2.24, 2.45) is 0 Å². The maximum Gasteiger partial charge on any atom is 0.0916 e. The maximum absolute atomic E-state index is 5.81. The molecule has 1 nitrogen and oxygen atoms in total. The molecule has 1 saturated heterocycles. The van der Waals surface area contributed by atoms with Crippen molar-refractivity contribution in [1.82, 2.24) is 0 Å². The van der Waals surface area contributed by atoms with Crippen LogP contribution < -0.4 is 0 Å². The zero-order valence-corrected chi connectivity index (χ0v) is 16.3. The highest BCUT2D eigenvalue weighted by atomic mass is 16.6. The van der Waals surface area contributed by atoms with Gasteiger partial charge in [0, 0.05) is 0 Å². The quantitative estimate of drug-likeness (QED) is 0.185. The third-order valence-electron chi connectivity index (χ3n) is 5.52. The molecule has 138 valence electrons. The van der Waals surface area contributed by atoms with Gasteiger partial charge in [0.1, 0.15) is 0 Å². The number of unbranched alkanes of at least 4 members (excludes halogenated alkanes) is 14. The van der Waals surface area contributed by atoms with E-state index in [1.54, 1.807) is 0 Å². The molecule has 0 saturated carbocycles. The maximum atomic E-state index is 5.81. The average Bonchev–Trinajstić information content (AvgIpc) is 3.33. The third-order valence-corrected chi connectivity index (χ3v) is 5.52. The molecule has 1 rings (SSSR count). The van der Waals surface area contributed by atoms with Crippen LogP contribution >= 0.6 is 0 Å². The zero-order valence-electron chi connectivity index (χ0n) is 16.3. The lowest BCUT2D eigenvalue weighted by Gasteiger charge is -2.11. The molecule has 1 aliphatic heterocycles. The summed E-state index contributed by atoms with van der Waals surface area (Å²) in [6, 6.07) is 0. The minimum atomic E-state index is 0.338. The van der Waals surface area contributed by atoms with E-state index < -0.39 is 0 Å². The van der Waals surface area contributed by atoms with Gasteiger partial charge in [0.2, 0.25) is 0 Å². The van der Waals surface area contributed by atoms with E-state index in [0.717, 1.165) is 6.61 Å². The molecule has 0 radical (unpaired) electrons. The van der Waals surface area contributed by atoms with Crippen molar-refractivity contribution >= 4 is 0 Å². The van der Waals surface area contributed by atoms with E-state index in [9.17, 15) is 0 Å². The average molecular weight is 325 g/mol.